The molecular formula is C27H23Cl2N3O4. The van der Waals surface area contributed by atoms with Gasteiger partial charge >= 0.3 is 5.97 Å². The second-order valence-electron chi connectivity index (χ2n) is 8.80. The number of hydrogen-bond acceptors (Lipinski definition) is 5. The fourth-order valence-corrected chi connectivity index (χ4v) is 4.78. The number of nitrogens with zero attached hydrogens (tertiary/aromatic N) is 3. The maximum atomic E-state index is 11.3. The summed E-state index contributed by atoms with van der Waals surface area (Å²) in [4.78, 5) is 16.0. The van der Waals surface area contributed by atoms with Crippen LogP contribution in [0.4, 0.5) is 0 Å². The largest absolute Gasteiger partial charge is 0.478 e. The molecule has 1 N–H and O–H groups in total. The summed E-state index contributed by atoms with van der Waals surface area (Å²) in [5.41, 5.74) is 4.32. The molecule has 0 saturated carbocycles. The highest BCUT2D eigenvalue weighted by Gasteiger charge is 2.21. The van der Waals surface area contributed by atoms with Crippen molar-refractivity contribution in [2.24, 2.45) is 0 Å². The van der Waals surface area contributed by atoms with Gasteiger partial charge in [0.2, 0.25) is 5.88 Å². The minimum absolute atomic E-state index is 0.182. The maximum Gasteiger partial charge on any atom is 0.335 e. The van der Waals surface area contributed by atoms with Gasteiger partial charge in [-0.05, 0) is 60.2 Å². The molecule has 0 amide bonds. The summed E-state index contributed by atoms with van der Waals surface area (Å²) in [6.07, 6.45) is 3.12. The van der Waals surface area contributed by atoms with Crippen LogP contribution in [-0.2, 0) is 19.4 Å². The number of aromatic carboxylic acids is 1. The molecule has 0 aliphatic carbocycles. The van der Waals surface area contributed by atoms with Crippen molar-refractivity contribution in [3.8, 4) is 23.1 Å². The Morgan fingerprint density at radius 3 is 2.61 bits per heavy atom. The van der Waals surface area contributed by atoms with Gasteiger partial charge in [0.1, 0.15) is 23.8 Å². The standard InChI is InChI=1S/C27H23Cl2N3O4/c1-15(2)18-13-30-32(26-19(28)4-3-5-20(26)29)22(18)14-35-25-11-10-23-21(31-25)9-8-16-6-7-17(27(33)34)12-24(16)36-23/h3-7,10-13,15H,8-9,14H2,1-2H3,(H,33,34). The smallest absolute Gasteiger partial charge is 0.335 e. The van der Waals surface area contributed by atoms with Gasteiger partial charge in [-0.1, -0.05) is 49.2 Å². The zero-order chi connectivity index (χ0) is 25.4. The van der Waals surface area contributed by atoms with Crippen molar-refractivity contribution in [2.45, 2.75) is 39.2 Å². The summed E-state index contributed by atoms with van der Waals surface area (Å²) in [5, 5.41) is 14.8. The lowest BCUT2D eigenvalue weighted by Gasteiger charge is -2.15. The van der Waals surface area contributed by atoms with Crippen molar-refractivity contribution < 1.29 is 19.4 Å². The average molecular weight is 524 g/mol. The van der Waals surface area contributed by atoms with Crippen molar-refractivity contribution >= 4 is 29.2 Å². The summed E-state index contributed by atoms with van der Waals surface area (Å²) in [6, 6.07) is 13.8. The van der Waals surface area contributed by atoms with Gasteiger partial charge in [-0.2, -0.15) is 5.10 Å². The Morgan fingerprint density at radius 2 is 1.89 bits per heavy atom. The first-order chi connectivity index (χ1) is 17.3. The molecule has 184 valence electrons. The molecule has 1 aliphatic heterocycles. The van der Waals surface area contributed by atoms with Crippen LogP contribution in [0.15, 0.2) is 54.7 Å². The molecule has 5 rings (SSSR count). The lowest BCUT2D eigenvalue weighted by molar-refractivity contribution is 0.0696. The molecule has 7 nitrogen and oxygen atoms in total. The first-order valence-corrected chi connectivity index (χ1v) is 12.3. The molecule has 2 aromatic heterocycles. The first-order valence-electron chi connectivity index (χ1n) is 11.5. The minimum Gasteiger partial charge on any atom is -0.478 e. The molecular weight excluding hydrogens is 501 g/mol. The summed E-state index contributed by atoms with van der Waals surface area (Å²) in [7, 11) is 0. The number of aromatic nitrogens is 3. The Kier molecular flexibility index (Phi) is 6.60. The van der Waals surface area contributed by atoms with Crippen LogP contribution in [-0.4, -0.2) is 25.8 Å². The fourth-order valence-electron chi connectivity index (χ4n) is 4.22. The number of benzene rings is 2. The van der Waals surface area contributed by atoms with Gasteiger partial charge in [-0.25, -0.2) is 14.5 Å². The van der Waals surface area contributed by atoms with Crippen molar-refractivity contribution in [3.05, 3.63) is 92.9 Å². The van der Waals surface area contributed by atoms with E-state index in [1.165, 1.54) is 0 Å². The number of fused-ring (bicyclic) bond motifs is 2. The van der Waals surface area contributed by atoms with Gasteiger partial charge in [0.15, 0.2) is 0 Å². The van der Waals surface area contributed by atoms with E-state index in [2.05, 4.69) is 23.9 Å². The van der Waals surface area contributed by atoms with E-state index in [0.29, 0.717) is 46.0 Å². The monoisotopic (exact) mass is 523 g/mol. The summed E-state index contributed by atoms with van der Waals surface area (Å²) in [5.74, 6) is 0.778. The van der Waals surface area contributed by atoms with Crippen molar-refractivity contribution in [2.75, 3.05) is 0 Å². The number of carboxylic acid groups (broad SMARTS) is 1. The van der Waals surface area contributed by atoms with Crippen LogP contribution in [0, 0.1) is 0 Å². The average Bonchev–Trinajstić information content (AvgIpc) is 3.17. The maximum absolute atomic E-state index is 11.3. The fraction of sp³-hybridized carbons (Fsp3) is 0.222. The zero-order valence-corrected chi connectivity index (χ0v) is 21.2. The quantitative estimate of drug-likeness (QED) is 0.296. The highest BCUT2D eigenvalue weighted by Crippen LogP contribution is 2.35. The van der Waals surface area contributed by atoms with E-state index in [0.717, 1.165) is 22.5 Å². The number of para-hydroxylation sites is 1. The first kappa shape index (κ1) is 24.2. The zero-order valence-electron chi connectivity index (χ0n) is 19.7. The summed E-state index contributed by atoms with van der Waals surface area (Å²) < 4.78 is 13.9. The molecule has 0 bridgehead atoms. The van der Waals surface area contributed by atoms with E-state index >= 15 is 0 Å². The Balaban J connectivity index is 1.41. The van der Waals surface area contributed by atoms with Crippen molar-refractivity contribution in [1.29, 1.82) is 0 Å². The predicted molar refractivity (Wildman–Crippen MR) is 137 cm³/mol. The third-order valence-electron chi connectivity index (χ3n) is 6.10. The van der Waals surface area contributed by atoms with Gasteiger partial charge in [0, 0.05) is 6.07 Å². The number of halogens is 2. The topological polar surface area (TPSA) is 86.5 Å². The van der Waals surface area contributed by atoms with Crippen LogP contribution in [0.2, 0.25) is 10.0 Å². The number of rotatable bonds is 6. The molecule has 0 saturated heterocycles. The van der Waals surface area contributed by atoms with Crippen molar-refractivity contribution in [1.82, 2.24) is 14.8 Å². The lowest BCUT2D eigenvalue weighted by atomic mass is 10.0. The van der Waals surface area contributed by atoms with Crippen molar-refractivity contribution in [3.63, 3.8) is 0 Å². The number of pyridine rings is 1. The Hall–Kier alpha value is -3.55. The lowest BCUT2D eigenvalue weighted by Crippen LogP contribution is -2.10. The number of ether oxygens (including phenoxy) is 2. The van der Waals surface area contributed by atoms with Crippen LogP contribution in [0.1, 0.15) is 52.6 Å². The second kappa shape index (κ2) is 9.84. The summed E-state index contributed by atoms with van der Waals surface area (Å²) >= 11 is 12.9. The van der Waals surface area contributed by atoms with E-state index in [1.54, 1.807) is 53.2 Å². The molecule has 0 radical (unpaired) electrons. The third-order valence-corrected chi connectivity index (χ3v) is 6.71. The van der Waals surface area contributed by atoms with Gasteiger partial charge < -0.3 is 14.6 Å². The van der Waals surface area contributed by atoms with Crippen LogP contribution in [0.25, 0.3) is 5.69 Å². The van der Waals surface area contributed by atoms with Gasteiger partial charge in [-0.15, -0.1) is 0 Å². The van der Waals surface area contributed by atoms with Gasteiger partial charge in [0.05, 0.1) is 33.2 Å². The predicted octanol–water partition coefficient (Wildman–Crippen LogP) is 6.87. The Labute approximate surface area is 218 Å². The third kappa shape index (κ3) is 4.64. The van der Waals surface area contributed by atoms with E-state index in [-0.39, 0.29) is 18.1 Å². The molecule has 2 aromatic carbocycles. The molecule has 0 spiro atoms. The normalized spacial score (nSPS) is 12.5. The van der Waals surface area contributed by atoms with E-state index in [4.69, 9.17) is 32.7 Å². The Morgan fingerprint density at radius 1 is 1.11 bits per heavy atom. The van der Waals surface area contributed by atoms with Crippen LogP contribution < -0.4 is 9.47 Å². The highest BCUT2D eigenvalue weighted by atomic mass is 35.5. The van der Waals surface area contributed by atoms with E-state index in [9.17, 15) is 9.90 Å². The molecule has 9 heteroatoms. The summed E-state index contributed by atoms with van der Waals surface area (Å²) in [6.45, 7) is 4.39. The van der Waals surface area contributed by atoms with E-state index in [1.807, 2.05) is 6.20 Å². The molecule has 4 aromatic rings. The SMILES string of the molecule is CC(C)c1cnn(-c2c(Cl)cccc2Cl)c1COc1ccc2c(n1)CCc1ccc(C(=O)O)cc1O2. The molecule has 1 aliphatic rings. The molecule has 0 atom stereocenters. The number of carbonyl (C=O) groups is 1. The van der Waals surface area contributed by atoms with Crippen LogP contribution in [0.5, 0.6) is 17.4 Å². The Bertz CT molecular complexity index is 1450. The molecule has 3 heterocycles. The van der Waals surface area contributed by atoms with E-state index < -0.39 is 5.97 Å². The molecule has 0 fully saturated rings. The number of aryl methyl sites for hydroxylation is 2. The molecule has 36 heavy (non-hydrogen) atoms. The number of carboxylic acids is 1. The minimum atomic E-state index is -0.995. The second-order valence-corrected chi connectivity index (χ2v) is 9.61. The molecule has 0 unspecified atom stereocenters. The highest BCUT2D eigenvalue weighted by molar-refractivity contribution is 6.37. The van der Waals surface area contributed by atoms with Crippen LogP contribution >= 0.6 is 23.2 Å². The van der Waals surface area contributed by atoms with Crippen LogP contribution in [0.3, 0.4) is 0 Å². The number of hydrogen-bond donors (Lipinski definition) is 1. The van der Waals surface area contributed by atoms with Gasteiger partial charge in [0.25, 0.3) is 0 Å². The van der Waals surface area contributed by atoms with Gasteiger partial charge in [-0.3, -0.25) is 0 Å².